The molecule has 0 atom stereocenters. The quantitative estimate of drug-likeness (QED) is 0.701. The van der Waals surface area contributed by atoms with E-state index < -0.39 is 0 Å². The normalized spacial score (nSPS) is 9.64. The highest BCUT2D eigenvalue weighted by Gasteiger charge is 1.93. The van der Waals surface area contributed by atoms with E-state index in [9.17, 15) is 0 Å². The lowest BCUT2D eigenvalue weighted by Gasteiger charge is -2.00. The molecule has 1 rings (SSSR count). The summed E-state index contributed by atoms with van der Waals surface area (Å²) >= 11 is 1.82. The Labute approximate surface area is 71.4 Å². The van der Waals surface area contributed by atoms with E-state index in [4.69, 9.17) is 0 Å². The molecule has 11 heavy (non-hydrogen) atoms. The largest absolute Gasteiger partial charge is 0.373 e. The van der Waals surface area contributed by atoms with Gasteiger partial charge in [-0.1, -0.05) is 6.92 Å². The van der Waals surface area contributed by atoms with Gasteiger partial charge in [0, 0.05) is 18.1 Å². The highest BCUT2D eigenvalue weighted by Crippen LogP contribution is 2.18. The third-order valence-electron chi connectivity index (χ3n) is 1.30. The van der Waals surface area contributed by atoms with Gasteiger partial charge in [-0.25, -0.2) is 4.98 Å². The molecule has 0 bridgehead atoms. The minimum Gasteiger partial charge on any atom is -0.373 e. The van der Waals surface area contributed by atoms with E-state index in [0.29, 0.717) is 0 Å². The van der Waals surface area contributed by atoms with Gasteiger partial charge in [-0.2, -0.15) is 0 Å². The third-order valence-corrected chi connectivity index (χ3v) is 2.17. The van der Waals surface area contributed by atoms with Crippen molar-refractivity contribution >= 4 is 17.6 Å². The van der Waals surface area contributed by atoms with Crippen LogP contribution in [-0.4, -0.2) is 17.8 Å². The van der Waals surface area contributed by atoms with Gasteiger partial charge in [-0.05, 0) is 17.9 Å². The predicted molar refractivity (Wildman–Crippen MR) is 50.2 cm³/mol. The topological polar surface area (TPSA) is 24.9 Å². The molecule has 2 nitrogen and oxygen atoms in total. The van der Waals surface area contributed by atoms with E-state index in [1.54, 1.807) is 0 Å². The van der Waals surface area contributed by atoms with E-state index in [1.807, 2.05) is 37.1 Å². The Hall–Kier alpha value is -0.700. The second-order valence-electron chi connectivity index (χ2n) is 2.06. The minimum absolute atomic E-state index is 0.934. The smallest absolute Gasteiger partial charge is 0.126 e. The first kappa shape index (κ1) is 8.40. The zero-order chi connectivity index (χ0) is 8.10. The van der Waals surface area contributed by atoms with Gasteiger partial charge in [0.05, 0.1) is 0 Å². The Morgan fingerprint density at radius 3 is 3.09 bits per heavy atom. The molecule has 0 amide bonds. The Morgan fingerprint density at radius 2 is 2.45 bits per heavy atom. The number of anilines is 1. The van der Waals surface area contributed by atoms with Gasteiger partial charge in [0.1, 0.15) is 5.82 Å². The fourth-order valence-electron chi connectivity index (χ4n) is 0.804. The van der Waals surface area contributed by atoms with Crippen LogP contribution in [0.1, 0.15) is 6.92 Å². The Bertz CT molecular complexity index is 225. The molecule has 1 heterocycles. The first-order valence-corrected chi connectivity index (χ1v) is 4.62. The summed E-state index contributed by atoms with van der Waals surface area (Å²) in [5.74, 6) is 2.04. The molecule has 1 aromatic rings. The summed E-state index contributed by atoms with van der Waals surface area (Å²) in [5.41, 5.74) is 0. The number of nitrogens with zero attached hydrogens (tertiary/aromatic N) is 1. The standard InChI is InChI=1S/C8H12N2S/c1-3-11-7-4-5-10-8(6-7)9-2/h4-6H,3H2,1-2H3,(H,9,10). The van der Waals surface area contributed by atoms with E-state index in [1.165, 1.54) is 4.90 Å². The van der Waals surface area contributed by atoms with Crippen LogP contribution in [-0.2, 0) is 0 Å². The fourth-order valence-corrected chi connectivity index (χ4v) is 1.49. The van der Waals surface area contributed by atoms with Crippen LogP contribution in [0, 0.1) is 0 Å². The van der Waals surface area contributed by atoms with E-state index in [0.717, 1.165) is 11.6 Å². The van der Waals surface area contributed by atoms with E-state index >= 15 is 0 Å². The van der Waals surface area contributed by atoms with Gasteiger partial charge in [0.15, 0.2) is 0 Å². The van der Waals surface area contributed by atoms with Gasteiger partial charge < -0.3 is 5.32 Å². The molecule has 0 aliphatic heterocycles. The van der Waals surface area contributed by atoms with Crippen molar-refractivity contribution in [3.8, 4) is 0 Å². The fraction of sp³-hybridized carbons (Fsp3) is 0.375. The van der Waals surface area contributed by atoms with Crippen molar-refractivity contribution in [2.24, 2.45) is 0 Å². The summed E-state index contributed by atoms with van der Waals surface area (Å²) in [6, 6.07) is 4.07. The molecule has 1 aromatic heterocycles. The minimum atomic E-state index is 0.934. The molecule has 0 aliphatic carbocycles. The van der Waals surface area contributed by atoms with Crippen molar-refractivity contribution in [1.82, 2.24) is 4.98 Å². The molecular weight excluding hydrogens is 156 g/mol. The molecule has 0 saturated carbocycles. The molecule has 0 unspecified atom stereocenters. The molecule has 60 valence electrons. The first-order chi connectivity index (χ1) is 5.36. The summed E-state index contributed by atoms with van der Waals surface area (Å²) < 4.78 is 0. The summed E-state index contributed by atoms with van der Waals surface area (Å²) in [6.45, 7) is 2.14. The third kappa shape index (κ3) is 2.42. The average Bonchev–Trinajstić information content (AvgIpc) is 2.06. The lowest BCUT2D eigenvalue weighted by atomic mass is 10.5. The van der Waals surface area contributed by atoms with Gasteiger partial charge in [-0.3, -0.25) is 0 Å². The summed E-state index contributed by atoms with van der Waals surface area (Å²) in [7, 11) is 1.88. The van der Waals surface area contributed by atoms with Crippen molar-refractivity contribution < 1.29 is 0 Å². The monoisotopic (exact) mass is 168 g/mol. The highest BCUT2D eigenvalue weighted by molar-refractivity contribution is 7.99. The van der Waals surface area contributed by atoms with Crippen molar-refractivity contribution in [3.63, 3.8) is 0 Å². The number of hydrogen-bond donors (Lipinski definition) is 1. The number of thioether (sulfide) groups is 1. The second-order valence-corrected chi connectivity index (χ2v) is 3.40. The maximum Gasteiger partial charge on any atom is 0.126 e. The summed E-state index contributed by atoms with van der Waals surface area (Å²) in [4.78, 5) is 5.39. The molecule has 0 spiro atoms. The lowest BCUT2D eigenvalue weighted by molar-refractivity contribution is 1.23. The van der Waals surface area contributed by atoms with Crippen molar-refractivity contribution in [2.75, 3.05) is 18.1 Å². The maximum atomic E-state index is 4.12. The van der Waals surface area contributed by atoms with Crippen molar-refractivity contribution in [1.29, 1.82) is 0 Å². The van der Waals surface area contributed by atoms with Gasteiger partial charge >= 0.3 is 0 Å². The van der Waals surface area contributed by atoms with Crippen LogP contribution in [0.5, 0.6) is 0 Å². The molecule has 0 aliphatic rings. The molecule has 0 saturated heterocycles. The van der Waals surface area contributed by atoms with Crippen LogP contribution in [0.3, 0.4) is 0 Å². The molecule has 0 radical (unpaired) electrons. The Balaban J connectivity index is 2.74. The number of nitrogens with one attached hydrogen (secondary N) is 1. The zero-order valence-electron chi connectivity index (χ0n) is 6.79. The van der Waals surface area contributed by atoms with Crippen LogP contribution in [0.15, 0.2) is 23.2 Å². The number of rotatable bonds is 3. The molecule has 3 heteroatoms. The molecule has 0 fully saturated rings. The van der Waals surface area contributed by atoms with Crippen LogP contribution in [0.25, 0.3) is 0 Å². The number of pyridine rings is 1. The van der Waals surface area contributed by atoms with Crippen LogP contribution < -0.4 is 5.32 Å². The van der Waals surface area contributed by atoms with Crippen LogP contribution >= 0.6 is 11.8 Å². The van der Waals surface area contributed by atoms with Crippen LogP contribution in [0.4, 0.5) is 5.82 Å². The summed E-state index contributed by atoms with van der Waals surface area (Å²) in [6.07, 6.45) is 1.82. The van der Waals surface area contributed by atoms with Crippen molar-refractivity contribution in [3.05, 3.63) is 18.3 Å². The van der Waals surface area contributed by atoms with Gasteiger partial charge in [-0.15, -0.1) is 11.8 Å². The summed E-state index contributed by atoms with van der Waals surface area (Å²) in [5, 5.41) is 3.00. The first-order valence-electron chi connectivity index (χ1n) is 3.63. The van der Waals surface area contributed by atoms with E-state index in [2.05, 4.69) is 17.2 Å². The van der Waals surface area contributed by atoms with Crippen LogP contribution in [0.2, 0.25) is 0 Å². The molecule has 1 N–H and O–H groups in total. The second kappa shape index (κ2) is 4.23. The van der Waals surface area contributed by atoms with Gasteiger partial charge in [0.25, 0.3) is 0 Å². The average molecular weight is 168 g/mol. The Kier molecular flexibility index (Phi) is 3.23. The predicted octanol–water partition coefficient (Wildman–Crippen LogP) is 2.24. The van der Waals surface area contributed by atoms with E-state index in [-0.39, 0.29) is 0 Å². The maximum absolute atomic E-state index is 4.12. The highest BCUT2D eigenvalue weighted by atomic mass is 32.2. The molecular formula is C8H12N2S. The number of aromatic nitrogens is 1. The van der Waals surface area contributed by atoms with Crippen molar-refractivity contribution in [2.45, 2.75) is 11.8 Å². The molecule has 0 aromatic carbocycles. The Morgan fingerprint density at radius 1 is 1.64 bits per heavy atom. The SMILES string of the molecule is CCSc1ccnc(NC)c1. The van der Waals surface area contributed by atoms with Gasteiger partial charge in [0.2, 0.25) is 0 Å². The lowest BCUT2D eigenvalue weighted by Crippen LogP contribution is -1.90. The number of hydrogen-bond acceptors (Lipinski definition) is 3. The zero-order valence-corrected chi connectivity index (χ0v) is 7.61.